The third kappa shape index (κ3) is 1.52. The molecule has 0 spiro atoms. The predicted octanol–water partition coefficient (Wildman–Crippen LogP) is -0.148. The van der Waals surface area contributed by atoms with Gasteiger partial charge in [0, 0.05) is 12.5 Å². The third-order valence-electron chi connectivity index (χ3n) is 2.16. The van der Waals surface area contributed by atoms with Gasteiger partial charge in [-0.2, -0.15) is 0 Å². The molecule has 0 aromatic rings. The van der Waals surface area contributed by atoms with E-state index in [1.807, 2.05) is 6.92 Å². The highest BCUT2D eigenvalue weighted by Crippen LogP contribution is 2.25. The van der Waals surface area contributed by atoms with E-state index in [2.05, 4.69) is 0 Å². The van der Waals surface area contributed by atoms with E-state index in [-0.39, 0.29) is 24.3 Å². The van der Waals surface area contributed by atoms with Crippen molar-refractivity contribution < 1.29 is 15.1 Å². The normalized spacial score (nSPS) is 31.5. The van der Waals surface area contributed by atoms with Gasteiger partial charge in [-0.3, -0.25) is 10.0 Å². The summed E-state index contributed by atoms with van der Waals surface area (Å²) in [5.41, 5.74) is 0. The van der Waals surface area contributed by atoms with Crippen LogP contribution in [0, 0.1) is 11.8 Å². The van der Waals surface area contributed by atoms with Crippen molar-refractivity contribution in [2.24, 2.45) is 11.8 Å². The Labute approximate surface area is 65.4 Å². The molecule has 1 saturated heterocycles. The number of carbonyl (C=O) groups excluding carboxylic acids is 1. The molecule has 1 aliphatic heterocycles. The van der Waals surface area contributed by atoms with Gasteiger partial charge in [-0.05, 0) is 12.3 Å². The van der Waals surface area contributed by atoms with Crippen LogP contribution in [0.1, 0.15) is 13.3 Å². The zero-order chi connectivity index (χ0) is 8.43. The number of nitrogens with zero attached hydrogens (tertiary/aromatic N) is 1. The molecule has 1 amide bonds. The molecular formula is C7H13NO3. The van der Waals surface area contributed by atoms with Gasteiger partial charge in [0.1, 0.15) is 0 Å². The molecule has 0 aromatic carbocycles. The molecule has 11 heavy (non-hydrogen) atoms. The van der Waals surface area contributed by atoms with Crippen molar-refractivity contribution >= 4 is 5.91 Å². The molecule has 2 N–H and O–H groups in total. The van der Waals surface area contributed by atoms with Gasteiger partial charge in [0.05, 0.1) is 6.54 Å². The van der Waals surface area contributed by atoms with E-state index in [0.717, 1.165) is 5.06 Å². The van der Waals surface area contributed by atoms with Gasteiger partial charge in [0.2, 0.25) is 5.91 Å². The average Bonchev–Trinajstić information content (AvgIpc) is 2.17. The molecule has 1 aliphatic rings. The Morgan fingerprint density at radius 1 is 1.73 bits per heavy atom. The number of rotatable bonds is 2. The number of hydrogen-bond donors (Lipinski definition) is 2. The van der Waals surface area contributed by atoms with E-state index in [9.17, 15) is 4.79 Å². The molecule has 1 fully saturated rings. The highest BCUT2D eigenvalue weighted by molar-refractivity contribution is 5.80. The molecule has 0 radical (unpaired) electrons. The summed E-state index contributed by atoms with van der Waals surface area (Å²) in [6, 6.07) is 0. The lowest BCUT2D eigenvalue weighted by atomic mass is 9.95. The summed E-state index contributed by atoms with van der Waals surface area (Å²) >= 11 is 0. The number of hydroxylamine groups is 2. The monoisotopic (exact) mass is 159 g/mol. The van der Waals surface area contributed by atoms with Crippen LogP contribution in [0.2, 0.25) is 0 Å². The van der Waals surface area contributed by atoms with E-state index in [1.165, 1.54) is 0 Å². The van der Waals surface area contributed by atoms with Crippen molar-refractivity contribution in [3.63, 3.8) is 0 Å². The fourth-order valence-corrected chi connectivity index (χ4v) is 1.47. The number of amides is 1. The van der Waals surface area contributed by atoms with Crippen LogP contribution in [0.4, 0.5) is 0 Å². The van der Waals surface area contributed by atoms with Crippen LogP contribution in [-0.4, -0.2) is 34.4 Å². The van der Waals surface area contributed by atoms with Crippen molar-refractivity contribution in [1.29, 1.82) is 0 Å². The van der Waals surface area contributed by atoms with Gasteiger partial charge in [0.25, 0.3) is 0 Å². The van der Waals surface area contributed by atoms with Crippen LogP contribution in [0.25, 0.3) is 0 Å². The third-order valence-corrected chi connectivity index (χ3v) is 2.16. The predicted molar refractivity (Wildman–Crippen MR) is 37.9 cm³/mol. The number of aliphatic hydroxyl groups is 1. The molecule has 4 nitrogen and oxygen atoms in total. The van der Waals surface area contributed by atoms with Gasteiger partial charge in [-0.25, -0.2) is 5.06 Å². The average molecular weight is 159 g/mol. The minimum atomic E-state index is -0.258. The summed E-state index contributed by atoms with van der Waals surface area (Å²) in [5.74, 6) is -0.295. The lowest BCUT2D eigenvalue weighted by Gasteiger charge is -2.08. The Hall–Kier alpha value is -0.610. The molecule has 0 aromatic heterocycles. The molecule has 1 heterocycles. The topological polar surface area (TPSA) is 60.8 Å². The van der Waals surface area contributed by atoms with Crippen LogP contribution in [-0.2, 0) is 4.79 Å². The largest absolute Gasteiger partial charge is 0.396 e. The number of hydrogen-bond acceptors (Lipinski definition) is 3. The number of aliphatic hydroxyl groups excluding tert-OH is 1. The second-order valence-electron chi connectivity index (χ2n) is 3.02. The van der Waals surface area contributed by atoms with E-state index in [0.29, 0.717) is 13.0 Å². The van der Waals surface area contributed by atoms with Crippen LogP contribution in [0.3, 0.4) is 0 Å². The quantitative estimate of drug-likeness (QED) is 0.551. The van der Waals surface area contributed by atoms with Crippen LogP contribution in [0.15, 0.2) is 0 Å². The van der Waals surface area contributed by atoms with E-state index in [1.54, 1.807) is 0 Å². The minimum Gasteiger partial charge on any atom is -0.396 e. The minimum absolute atomic E-state index is 0.00852. The van der Waals surface area contributed by atoms with Gasteiger partial charge in [0.15, 0.2) is 0 Å². The molecule has 64 valence electrons. The van der Waals surface area contributed by atoms with Crippen molar-refractivity contribution in [1.82, 2.24) is 5.06 Å². The highest BCUT2D eigenvalue weighted by Gasteiger charge is 2.36. The first kappa shape index (κ1) is 8.49. The zero-order valence-electron chi connectivity index (χ0n) is 6.53. The van der Waals surface area contributed by atoms with Crippen LogP contribution in [0.5, 0.6) is 0 Å². The van der Waals surface area contributed by atoms with Crippen molar-refractivity contribution in [2.45, 2.75) is 13.3 Å². The summed E-state index contributed by atoms with van der Waals surface area (Å²) in [4.78, 5) is 11.1. The summed E-state index contributed by atoms with van der Waals surface area (Å²) in [7, 11) is 0. The lowest BCUT2D eigenvalue weighted by molar-refractivity contribution is -0.160. The Morgan fingerprint density at radius 3 is 2.73 bits per heavy atom. The second-order valence-corrected chi connectivity index (χ2v) is 3.02. The first-order chi connectivity index (χ1) is 5.16. The van der Waals surface area contributed by atoms with Gasteiger partial charge < -0.3 is 5.11 Å². The Kier molecular flexibility index (Phi) is 2.46. The maximum absolute atomic E-state index is 11.1. The maximum atomic E-state index is 11.1. The standard InChI is InChI=1S/C7H13NO3/c1-5-4-8(11)7(10)6(5)2-3-9/h5-6,9,11H,2-4H2,1H3/t5-,6+/m1/s1. The summed E-state index contributed by atoms with van der Waals surface area (Å²) in [5, 5.41) is 18.3. The van der Waals surface area contributed by atoms with Crippen molar-refractivity contribution in [3.8, 4) is 0 Å². The summed E-state index contributed by atoms with van der Waals surface area (Å²) in [6.45, 7) is 2.30. The molecule has 1 rings (SSSR count). The molecule has 4 heteroatoms. The second kappa shape index (κ2) is 3.19. The Balaban J connectivity index is 2.56. The van der Waals surface area contributed by atoms with E-state index < -0.39 is 0 Å². The first-order valence-corrected chi connectivity index (χ1v) is 3.78. The van der Waals surface area contributed by atoms with Gasteiger partial charge in [-0.15, -0.1) is 0 Å². The Bertz CT molecular complexity index is 160. The Morgan fingerprint density at radius 2 is 2.36 bits per heavy atom. The fourth-order valence-electron chi connectivity index (χ4n) is 1.47. The van der Waals surface area contributed by atoms with Crippen LogP contribution < -0.4 is 0 Å². The summed E-state index contributed by atoms with van der Waals surface area (Å²) in [6.07, 6.45) is 0.455. The molecule has 0 unspecified atom stereocenters. The highest BCUT2D eigenvalue weighted by atomic mass is 16.5. The van der Waals surface area contributed by atoms with Crippen LogP contribution >= 0.6 is 0 Å². The van der Waals surface area contributed by atoms with Gasteiger partial charge >= 0.3 is 0 Å². The van der Waals surface area contributed by atoms with Gasteiger partial charge in [-0.1, -0.05) is 6.92 Å². The smallest absolute Gasteiger partial charge is 0.249 e. The zero-order valence-corrected chi connectivity index (χ0v) is 6.53. The molecule has 0 bridgehead atoms. The lowest BCUT2D eigenvalue weighted by Crippen LogP contribution is -2.23. The number of carbonyl (C=O) groups is 1. The fraction of sp³-hybridized carbons (Fsp3) is 0.857. The molecule has 0 saturated carbocycles. The van der Waals surface area contributed by atoms with E-state index in [4.69, 9.17) is 10.3 Å². The van der Waals surface area contributed by atoms with E-state index >= 15 is 0 Å². The molecule has 0 aliphatic carbocycles. The van der Waals surface area contributed by atoms with Crippen molar-refractivity contribution in [3.05, 3.63) is 0 Å². The van der Waals surface area contributed by atoms with Crippen molar-refractivity contribution in [2.75, 3.05) is 13.2 Å². The first-order valence-electron chi connectivity index (χ1n) is 3.78. The SMILES string of the molecule is C[C@@H]1CN(O)C(=O)[C@H]1CCO. The molecular weight excluding hydrogens is 146 g/mol. The maximum Gasteiger partial charge on any atom is 0.249 e. The molecule has 2 atom stereocenters. The summed E-state index contributed by atoms with van der Waals surface area (Å²) < 4.78 is 0.